The number of sulfone groups is 1. The molecule has 0 radical (unpaired) electrons. The Bertz CT molecular complexity index is 548. The zero-order valence-electron chi connectivity index (χ0n) is 12.5. The molecule has 6 heteroatoms. The van der Waals surface area contributed by atoms with Gasteiger partial charge in [0.15, 0.2) is 15.8 Å². The lowest BCUT2D eigenvalue weighted by molar-refractivity contribution is 0.601. The van der Waals surface area contributed by atoms with Gasteiger partial charge in [0.2, 0.25) is 0 Å². The Hall–Kier alpha value is -1.56. The molecule has 1 rings (SSSR count). The van der Waals surface area contributed by atoms with Crippen LogP contribution >= 0.6 is 0 Å². The summed E-state index contributed by atoms with van der Waals surface area (Å²) in [6, 6.07) is 7.86. The van der Waals surface area contributed by atoms with E-state index >= 15 is 0 Å². The first-order chi connectivity index (χ1) is 9.30. The van der Waals surface area contributed by atoms with Gasteiger partial charge >= 0.3 is 0 Å². The van der Waals surface area contributed by atoms with Crippen molar-refractivity contribution >= 4 is 15.8 Å². The molecule has 1 aromatic carbocycles. The zero-order chi connectivity index (χ0) is 15.2. The first kappa shape index (κ1) is 16.5. The molecule has 0 bridgehead atoms. The minimum absolute atomic E-state index is 0.0806. The van der Waals surface area contributed by atoms with Crippen LogP contribution in [-0.4, -0.2) is 33.7 Å². The number of benzene rings is 1. The van der Waals surface area contributed by atoms with Gasteiger partial charge < -0.3 is 10.6 Å². The lowest BCUT2D eigenvalue weighted by Gasteiger charge is -2.14. The molecule has 20 heavy (non-hydrogen) atoms. The Morgan fingerprint density at radius 1 is 1.20 bits per heavy atom. The molecule has 0 saturated heterocycles. The third-order valence-corrected chi connectivity index (χ3v) is 3.42. The minimum atomic E-state index is -2.98. The number of rotatable bonds is 5. The molecule has 0 aliphatic rings. The monoisotopic (exact) mass is 297 g/mol. The van der Waals surface area contributed by atoms with Gasteiger partial charge in [-0.25, -0.2) is 8.42 Å². The van der Waals surface area contributed by atoms with Crippen molar-refractivity contribution in [3.63, 3.8) is 0 Å². The van der Waals surface area contributed by atoms with E-state index < -0.39 is 9.84 Å². The second-order valence-corrected chi connectivity index (χ2v) is 7.25. The van der Waals surface area contributed by atoms with E-state index in [9.17, 15) is 8.42 Å². The standard InChI is InChI=1S/C14H23N3O2S/c1-11(2)17-14(15-3)16-9-12-5-7-13(8-6-12)10-20(4,18)19/h5-8,11H,9-10H2,1-4H3,(H2,15,16,17). The van der Waals surface area contributed by atoms with E-state index in [1.54, 1.807) is 7.05 Å². The van der Waals surface area contributed by atoms with Crippen LogP contribution in [0.15, 0.2) is 29.3 Å². The minimum Gasteiger partial charge on any atom is -0.354 e. The highest BCUT2D eigenvalue weighted by Gasteiger charge is 2.04. The molecule has 0 unspecified atom stereocenters. The fraction of sp³-hybridized carbons (Fsp3) is 0.500. The number of nitrogens with one attached hydrogen (secondary N) is 2. The highest BCUT2D eigenvalue weighted by atomic mass is 32.2. The summed E-state index contributed by atoms with van der Waals surface area (Å²) in [5.41, 5.74) is 1.88. The molecule has 0 heterocycles. The number of hydrogen-bond acceptors (Lipinski definition) is 3. The Balaban J connectivity index is 2.57. The molecule has 0 amide bonds. The summed E-state index contributed by atoms with van der Waals surface area (Å²) in [7, 11) is -1.25. The van der Waals surface area contributed by atoms with Crippen LogP contribution in [0, 0.1) is 0 Å². The van der Waals surface area contributed by atoms with E-state index in [1.165, 1.54) is 6.26 Å². The molecule has 0 aromatic heterocycles. The molecular formula is C14H23N3O2S. The van der Waals surface area contributed by atoms with Crippen molar-refractivity contribution in [2.75, 3.05) is 13.3 Å². The average Bonchev–Trinajstić information content (AvgIpc) is 2.34. The molecule has 0 fully saturated rings. The SMILES string of the molecule is CN=C(NCc1ccc(CS(C)(=O)=O)cc1)NC(C)C. The van der Waals surface area contributed by atoms with Gasteiger partial charge in [-0.05, 0) is 25.0 Å². The summed E-state index contributed by atoms with van der Waals surface area (Å²) in [6.45, 7) is 4.74. The van der Waals surface area contributed by atoms with Gasteiger partial charge in [0.1, 0.15) is 0 Å². The van der Waals surface area contributed by atoms with Gasteiger partial charge in [0.25, 0.3) is 0 Å². The highest BCUT2D eigenvalue weighted by Crippen LogP contribution is 2.07. The highest BCUT2D eigenvalue weighted by molar-refractivity contribution is 7.89. The summed E-state index contributed by atoms with van der Waals surface area (Å²) in [4.78, 5) is 4.12. The summed E-state index contributed by atoms with van der Waals surface area (Å²) in [5.74, 6) is 0.831. The molecule has 0 aliphatic heterocycles. The second kappa shape index (κ2) is 7.28. The molecule has 0 saturated carbocycles. The van der Waals surface area contributed by atoms with Crippen molar-refractivity contribution < 1.29 is 8.42 Å². The molecule has 0 aliphatic carbocycles. The first-order valence-electron chi connectivity index (χ1n) is 6.53. The van der Waals surface area contributed by atoms with Crippen LogP contribution in [0.3, 0.4) is 0 Å². The van der Waals surface area contributed by atoms with Gasteiger partial charge in [0.05, 0.1) is 5.75 Å². The zero-order valence-corrected chi connectivity index (χ0v) is 13.3. The topological polar surface area (TPSA) is 70.6 Å². The molecule has 112 valence electrons. The van der Waals surface area contributed by atoms with E-state index in [0.717, 1.165) is 17.1 Å². The Morgan fingerprint density at radius 2 is 1.75 bits per heavy atom. The predicted molar refractivity (Wildman–Crippen MR) is 83.5 cm³/mol. The number of aliphatic imine (C=N–C) groups is 1. The fourth-order valence-electron chi connectivity index (χ4n) is 1.71. The molecule has 1 aromatic rings. The van der Waals surface area contributed by atoms with Crippen LogP contribution < -0.4 is 10.6 Å². The van der Waals surface area contributed by atoms with Gasteiger partial charge in [-0.2, -0.15) is 0 Å². The Labute approximate surface area is 121 Å². The van der Waals surface area contributed by atoms with Crippen LogP contribution in [0.2, 0.25) is 0 Å². The van der Waals surface area contributed by atoms with Crippen molar-refractivity contribution in [3.05, 3.63) is 35.4 Å². The number of nitrogens with zero attached hydrogens (tertiary/aromatic N) is 1. The van der Waals surface area contributed by atoms with Crippen LogP contribution in [0.25, 0.3) is 0 Å². The Kier molecular flexibility index (Phi) is 6.01. The lowest BCUT2D eigenvalue weighted by Crippen LogP contribution is -2.40. The molecule has 0 atom stereocenters. The third kappa shape index (κ3) is 6.56. The average molecular weight is 297 g/mol. The molecular weight excluding hydrogens is 274 g/mol. The van der Waals surface area contributed by atoms with Gasteiger partial charge in [-0.15, -0.1) is 0 Å². The van der Waals surface area contributed by atoms with Crippen molar-refractivity contribution in [2.45, 2.75) is 32.2 Å². The fourth-order valence-corrected chi connectivity index (χ4v) is 2.51. The summed E-state index contributed by atoms with van der Waals surface area (Å²) in [6.07, 6.45) is 1.24. The van der Waals surface area contributed by atoms with E-state index in [-0.39, 0.29) is 5.75 Å². The van der Waals surface area contributed by atoms with Crippen LogP contribution in [-0.2, 0) is 22.1 Å². The molecule has 0 spiro atoms. The largest absolute Gasteiger partial charge is 0.354 e. The van der Waals surface area contributed by atoms with Crippen LogP contribution in [0.4, 0.5) is 0 Å². The van der Waals surface area contributed by atoms with Gasteiger partial charge in [0, 0.05) is 25.9 Å². The first-order valence-corrected chi connectivity index (χ1v) is 8.59. The summed E-state index contributed by atoms with van der Waals surface area (Å²) < 4.78 is 22.4. The molecule has 2 N–H and O–H groups in total. The van der Waals surface area contributed by atoms with Crippen LogP contribution in [0.1, 0.15) is 25.0 Å². The van der Waals surface area contributed by atoms with Crippen molar-refractivity contribution in [2.24, 2.45) is 4.99 Å². The van der Waals surface area contributed by atoms with Gasteiger partial charge in [-0.1, -0.05) is 24.3 Å². The number of guanidine groups is 1. The van der Waals surface area contributed by atoms with E-state index in [0.29, 0.717) is 12.6 Å². The lowest BCUT2D eigenvalue weighted by atomic mass is 10.1. The summed E-state index contributed by atoms with van der Waals surface area (Å²) in [5, 5.41) is 6.41. The molecule has 5 nitrogen and oxygen atoms in total. The maximum absolute atomic E-state index is 11.2. The normalized spacial score (nSPS) is 12.6. The maximum Gasteiger partial charge on any atom is 0.191 e. The number of hydrogen-bond donors (Lipinski definition) is 2. The Morgan fingerprint density at radius 3 is 2.20 bits per heavy atom. The summed E-state index contributed by atoms with van der Waals surface area (Å²) >= 11 is 0. The van der Waals surface area contributed by atoms with Crippen molar-refractivity contribution in [3.8, 4) is 0 Å². The smallest absolute Gasteiger partial charge is 0.191 e. The quantitative estimate of drug-likeness (QED) is 0.635. The second-order valence-electron chi connectivity index (χ2n) is 5.11. The van der Waals surface area contributed by atoms with Gasteiger partial charge in [-0.3, -0.25) is 4.99 Å². The van der Waals surface area contributed by atoms with E-state index in [2.05, 4.69) is 15.6 Å². The maximum atomic E-state index is 11.2. The third-order valence-electron chi connectivity index (χ3n) is 2.56. The van der Waals surface area contributed by atoms with E-state index in [1.807, 2.05) is 38.1 Å². The van der Waals surface area contributed by atoms with Crippen molar-refractivity contribution in [1.82, 2.24) is 10.6 Å². The predicted octanol–water partition coefficient (Wildman–Crippen LogP) is 1.30. The van der Waals surface area contributed by atoms with Crippen molar-refractivity contribution in [1.29, 1.82) is 0 Å². The van der Waals surface area contributed by atoms with E-state index in [4.69, 9.17) is 0 Å². The van der Waals surface area contributed by atoms with Crippen LogP contribution in [0.5, 0.6) is 0 Å².